The molecule has 2 aliphatic rings. The second kappa shape index (κ2) is 5.85. The van der Waals surface area contributed by atoms with Crippen LogP contribution in [0.15, 0.2) is 0 Å². The van der Waals surface area contributed by atoms with Crippen LogP contribution < -0.4 is 21.7 Å². The molecule has 0 spiro atoms. The van der Waals surface area contributed by atoms with Crippen molar-refractivity contribution in [2.24, 2.45) is 5.73 Å². The fourth-order valence-corrected chi connectivity index (χ4v) is 4.23. The van der Waals surface area contributed by atoms with Crippen LogP contribution in [-0.4, -0.2) is 31.6 Å². The van der Waals surface area contributed by atoms with E-state index in [0.29, 0.717) is 29.1 Å². The largest absolute Gasteiger partial charge is 0.397 e. The standard InChI is InChI=1S/C15H24N4OS/c1-2-18-14(20)13-12(17)11(9-3-4-9)15(21-13)19-7-5-10(16)6-8-19/h9-10H,2-8,16-17H2,1H3,(H,18,20). The lowest BCUT2D eigenvalue weighted by atomic mass is 10.0. The van der Waals surface area contributed by atoms with Crippen LogP contribution in [0.2, 0.25) is 0 Å². The van der Waals surface area contributed by atoms with Crippen molar-refractivity contribution in [3.05, 3.63) is 10.4 Å². The number of nitrogens with one attached hydrogen (secondary N) is 1. The van der Waals surface area contributed by atoms with Crippen LogP contribution in [0.4, 0.5) is 10.7 Å². The molecule has 0 atom stereocenters. The summed E-state index contributed by atoms with van der Waals surface area (Å²) >= 11 is 1.56. The fraction of sp³-hybridized carbons (Fsp3) is 0.667. The maximum Gasteiger partial charge on any atom is 0.263 e. The van der Waals surface area contributed by atoms with Gasteiger partial charge in [-0.2, -0.15) is 0 Å². The first-order valence-electron chi connectivity index (χ1n) is 7.82. The quantitative estimate of drug-likeness (QED) is 0.793. The zero-order valence-corrected chi connectivity index (χ0v) is 13.3. The Bertz CT molecular complexity index is 530. The first-order chi connectivity index (χ1) is 10.1. The summed E-state index contributed by atoms with van der Waals surface area (Å²) in [5.74, 6) is 0.511. The summed E-state index contributed by atoms with van der Waals surface area (Å²) in [6.07, 6.45) is 4.41. The second-order valence-corrected chi connectivity index (χ2v) is 7.02. The molecule has 1 aliphatic carbocycles. The van der Waals surface area contributed by atoms with Crippen molar-refractivity contribution < 1.29 is 4.79 Å². The lowest BCUT2D eigenvalue weighted by molar-refractivity contribution is 0.0960. The highest BCUT2D eigenvalue weighted by Crippen LogP contribution is 2.52. The molecule has 1 aromatic heterocycles. The van der Waals surface area contributed by atoms with Crippen molar-refractivity contribution in [1.29, 1.82) is 0 Å². The third kappa shape index (κ3) is 2.87. The minimum absolute atomic E-state index is 0.0399. The van der Waals surface area contributed by atoms with Crippen molar-refractivity contribution in [3.63, 3.8) is 0 Å². The average Bonchev–Trinajstić information content (AvgIpc) is 3.23. The van der Waals surface area contributed by atoms with E-state index in [1.165, 1.54) is 23.4 Å². The van der Waals surface area contributed by atoms with Gasteiger partial charge in [-0.3, -0.25) is 4.79 Å². The monoisotopic (exact) mass is 308 g/mol. The summed E-state index contributed by atoms with van der Waals surface area (Å²) in [5.41, 5.74) is 14.2. The molecule has 2 fully saturated rings. The molecule has 116 valence electrons. The van der Waals surface area contributed by atoms with Gasteiger partial charge in [0.15, 0.2) is 0 Å². The molecule has 3 rings (SSSR count). The number of nitrogens with two attached hydrogens (primary N) is 2. The Kier molecular flexibility index (Phi) is 4.08. The lowest BCUT2D eigenvalue weighted by Crippen LogP contribution is -2.39. The number of hydrogen-bond acceptors (Lipinski definition) is 5. The van der Waals surface area contributed by atoms with Crippen LogP contribution in [0.5, 0.6) is 0 Å². The number of anilines is 2. The zero-order valence-electron chi connectivity index (χ0n) is 12.5. The van der Waals surface area contributed by atoms with Crippen molar-refractivity contribution in [2.45, 2.75) is 44.6 Å². The highest BCUT2D eigenvalue weighted by molar-refractivity contribution is 7.18. The predicted molar refractivity (Wildman–Crippen MR) is 88.1 cm³/mol. The third-order valence-electron chi connectivity index (χ3n) is 4.32. The van der Waals surface area contributed by atoms with Crippen LogP contribution in [0, 0.1) is 0 Å². The molecule has 1 amide bonds. The number of nitrogens with zero attached hydrogens (tertiary/aromatic N) is 1. The van der Waals surface area contributed by atoms with E-state index < -0.39 is 0 Å². The molecule has 5 nitrogen and oxygen atoms in total. The molecule has 1 saturated heterocycles. The summed E-state index contributed by atoms with van der Waals surface area (Å²) in [5, 5.41) is 4.08. The zero-order chi connectivity index (χ0) is 15.0. The first kappa shape index (κ1) is 14.7. The van der Waals surface area contributed by atoms with Crippen LogP contribution in [0.3, 0.4) is 0 Å². The Morgan fingerprint density at radius 2 is 2.00 bits per heavy atom. The number of rotatable bonds is 4. The molecule has 0 unspecified atom stereocenters. The minimum Gasteiger partial charge on any atom is -0.397 e. The van der Waals surface area contributed by atoms with Gasteiger partial charge in [-0.05, 0) is 38.5 Å². The Labute approximate surface area is 129 Å². The van der Waals surface area contributed by atoms with E-state index in [9.17, 15) is 4.79 Å². The Balaban J connectivity index is 1.91. The Morgan fingerprint density at radius 3 is 2.57 bits per heavy atom. The van der Waals surface area contributed by atoms with Crippen LogP contribution in [0.25, 0.3) is 0 Å². The van der Waals surface area contributed by atoms with Crippen molar-refractivity contribution >= 4 is 27.9 Å². The van der Waals surface area contributed by atoms with Gasteiger partial charge >= 0.3 is 0 Å². The SMILES string of the molecule is CCNC(=O)c1sc(N2CCC(N)CC2)c(C2CC2)c1N. The third-order valence-corrected chi connectivity index (χ3v) is 5.60. The van der Waals surface area contributed by atoms with Gasteiger partial charge in [-0.1, -0.05) is 0 Å². The smallest absolute Gasteiger partial charge is 0.263 e. The lowest BCUT2D eigenvalue weighted by Gasteiger charge is -2.31. The highest BCUT2D eigenvalue weighted by Gasteiger charge is 2.35. The van der Waals surface area contributed by atoms with E-state index in [4.69, 9.17) is 11.5 Å². The molecular weight excluding hydrogens is 284 g/mol. The number of carbonyl (C=O) groups excluding carboxylic acids is 1. The van der Waals surface area contributed by atoms with Gasteiger partial charge in [0.05, 0.1) is 10.7 Å². The summed E-state index contributed by atoms with van der Waals surface area (Å²) in [4.78, 5) is 15.2. The van der Waals surface area contributed by atoms with Gasteiger partial charge in [-0.15, -0.1) is 11.3 Å². The highest BCUT2D eigenvalue weighted by atomic mass is 32.1. The Morgan fingerprint density at radius 1 is 1.33 bits per heavy atom. The van der Waals surface area contributed by atoms with E-state index in [-0.39, 0.29) is 5.91 Å². The average molecular weight is 308 g/mol. The van der Waals surface area contributed by atoms with Crippen LogP contribution in [0.1, 0.15) is 53.8 Å². The van der Waals surface area contributed by atoms with Gasteiger partial charge in [0, 0.05) is 31.2 Å². The first-order valence-corrected chi connectivity index (χ1v) is 8.64. The van der Waals surface area contributed by atoms with Gasteiger partial charge in [0.1, 0.15) is 4.88 Å². The van der Waals surface area contributed by atoms with Crippen LogP contribution in [-0.2, 0) is 0 Å². The molecule has 5 N–H and O–H groups in total. The molecule has 0 bridgehead atoms. The normalized spacial score (nSPS) is 19.8. The number of amides is 1. The molecule has 21 heavy (non-hydrogen) atoms. The minimum atomic E-state index is -0.0399. The summed E-state index contributed by atoms with van der Waals surface area (Å²) in [6.45, 7) is 4.49. The second-order valence-electron chi connectivity index (χ2n) is 6.02. The maximum absolute atomic E-state index is 12.2. The number of hydrogen-bond donors (Lipinski definition) is 3. The Hall–Kier alpha value is -1.27. The van der Waals surface area contributed by atoms with Crippen molar-refractivity contribution in [1.82, 2.24) is 5.32 Å². The van der Waals surface area contributed by atoms with Crippen molar-refractivity contribution in [3.8, 4) is 0 Å². The van der Waals surface area contributed by atoms with E-state index in [1.807, 2.05) is 6.92 Å². The van der Waals surface area contributed by atoms with Gasteiger partial charge < -0.3 is 21.7 Å². The van der Waals surface area contributed by atoms with Gasteiger partial charge in [-0.25, -0.2) is 0 Å². The van der Waals surface area contributed by atoms with E-state index >= 15 is 0 Å². The topological polar surface area (TPSA) is 84.4 Å². The van der Waals surface area contributed by atoms with Gasteiger partial charge in [0.25, 0.3) is 5.91 Å². The molecule has 1 aliphatic heterocycles. The molecule has 1 aromatic rings. The number of thiophene rings is 1. The fourth-order valence-electron chi connectivity index (χ4n) is 2.96. The maximum atomic E-state index is 12.2. The van der Waals surface area contributed by atoms with Crippen molar-refractivity contribution in [2.75, 3.05) is 30.3 Å². The predicted octanol–water partition coefficient (Wildman–Crippen LogP) is 1.88. The van der Waals surface area contributed by atoms with E-state index in [1.54, 1.807) is 11.3 Å². The van der Waals surface area contributed by atoms with E-state index in [2.05, 4.69) is 10.2 Å². The number of nitrogen functional groups attached to an aromatic ring is 1. The summed E-state index contributed by atoms with van der Waals surface area (Å²) in [7, 11) is 0. The summed E-state index contributed by atoms with van der Waals surface area (Å²) in [6, 6.07) is 0.311. The summed E-state index contributed by atoms with van der Waals surface area (Å²) < 4.78 is 0. The van der Waals surface area contributed by atoms with Crippen LogP contribution >= 0.6 is 11.3 Å². The number of carbonyl (C=O) groups is 1. The molecule has 2 heterocycles. The molecule has 1 saturated carbocycles. The molecular formula is C15H24N4OS. The van der Waals surface area contributed by atoms with Gasteiger partial charge in [0.2, 0.25) is 0 Å². The molecule has 0 aromatic carbocycles. The molecule has 0 radical (unpaired) electrons. The van der Waals surface area contributed by atoms with E-state index in [0.717, 1.165) is 25.9 Å². The molecule has 6 heteroatoms. The number of piperidine rings is 1.